The molecule has 0 aliphatic rings. The van der Waals surface area contributed by atoms with Crippen LogP contribution in [0.25, 0.3) is 11.3 Å². The first-order valence-electron chi connectivity index (χ1n) is 7.79. The maximum atomic E-state index is 11.7. The van der Waals surface area contributed by atoms with Crippen LogP contribution < -0.4 is 5.32 Å². The Kier molecular flexibility index (Phi) is 5.60. The van der Waals surface area contributed by atoms with Gasteiger partial charge in [0.1, 0.15) is 0 Å². The van der Waals surface area contributed by atoms with Crippen molar-refractivity contribution < 1.29 is 9.53 Å². The van der Waals surface area contributed by atoms with Crippen LogP contribution in [0.3, 0.4) is 0 Å². The summed E-state index contributed by atoms with van der Waals surface area (Å²) in [5, 5.41) is 3.19. The number of hydrogen-bond donors (Lipinski definition) is 1. The zero-order valence-electron chi connectivity index (χ0n) is 13.6. The molecule has 0 amide bonds. The van der Waals surface area contributed by atoms with Crippen LogP contribution in [-0.4, -0.2) is 22.5 Å². The first kappa shape index (κ1) is 17.3. The lowest BCUT2D eigenvalue weighted by Crippen LogP contribution is -2.04. The van der Waals surface area contributed by atoms with E-state index in [9.17, 15) is 4.79 Å². The van der Waals surface area contributed by atoms with E-state index in [0.717, 1.165) is 16.9 Å². The maximum absolute atomic E-state index is 11.7. The van der Waals surface area contributed by atoms with Crippen molar-refractivity contribution in [1.82, 2.24) is 9.97 Å². The number of aromatic nitrogens is 2. The Hall–Kier alpha value is -2.48. The van der Waals surface area contributed by atoms with Gasteiger partial charge >= 0.3 is 5.97 Å². The Morgan fingerprint density at radius 2 is 1.80 bits per heavy atom. The first-order chi connectivity index (χ1) is 12.2. The smallest absolute Gasteiger partial charge is 0.338 e. The highest BCUT2D eigenvalue weighted by Crippen LogP contribution is 2.20. The van der Waals surface area contributed by atoms with Crippen LogP contribution in [0.4, 0.5) is 11.6 Å². The molecule has 6 heteroatoms. The fourth-order valence-corrected chi connectivity index (χ4v) is 2.59. The van der Waals surface area contributed by atoms with Gasteiger partial charge in [-0.15, -0.1) is 0 Å². The third kappa shape index (κ3) is 4.54. The van der Waals surface area contributed by atoms with E-state index in [2.05, 4.69) is 37.9 Å². The maximum Gasteiger partial charge on any atom is 0.338 e. The second kappa shape index (κ2) is 8.06. The van der Waals surface area contributed by atoms with Crippen molar-refractivity contribution in [2.75, 3.05) is 11.9 Å². The van der Waals surface area contributed by atoms with Crippen LogP contribution in [0.15, 0.2) is 60.8 Å². The van der Waals surface area contributed by atoms with E-state index in [1.54, 1.807) is 25.3 Å². The molecular formula is C19H16IN3O2. The summed E-state index contributed by atoms with van der Waals surface area (Å²) in [6, 6.07) is 17.0. The monoisotopic (exact) mass is 445 g/mol. The number of hydrogen-bond acceptors (Lipinski definition) is 5. The number of nitrogens with one attached hydrogen (secondary N) is 1. The van der Waals surface area contributed by atoms with E-state index in [1.807, 2.05) is 42.5 Å². The lowest BCUT2D eigenvalue weighted by Gasteiger charge is -2.07. The minimum atomic E-state index is -0.321. The van der Waals surface area contributed by atoms with Crippen LogP contribution in [0.2, 0.25) is 0 Å². The third-order valence-corrected chi connectivity index (χ3v) is 4.17. The molecular weight excluding hydrogens is 429 g/mol. The highest BCUT2D eigenvalue weighted by molar-refractivity contribution is 14.1. The molecule has 0 bridgehead atoms. The molecule has 126 valence electrons. The molecule has 0 atom stereocenters. The fourth-order valence-electron chi connectivity index (χ4n) is 2.23. The van der Waals surface area contributed by atoms with Gasteiger partial charge in [-0.2, -0.15) is 0 Å². The van der Waals surface area contributed by atoms with E-state index < -0.39 is 0 Å². The standard InChI is InChI=1S/C19H16IN3O2/c1-2-25-18(24)14-5-3-13(4-6-14)17-11-12-21-19(23-17)22-16-9-7-15(20)8-10-16/h3-12H,2H2,1H3,(H,21,22,23). The number of carbonyl (C=O) groups excluding carboxylic acids is 1. The molecule has 0 spiro atoms. The minimum Gasteiger partial charge on any atom is -0.462 e. The SMILES string of the molecule is CCOC(=O)c1ccc(-c2ccnc(Nc3ccc(I)cc3)n2)cc1. The molecule has 0 unspecified atom stereocenters. The van der Waals surface area contributed by atoms with Crippen molar-refractivity contribution in [3.63, 3.8) is 0 Å². The molecule has 0 aliphatic carbocycles. The number of esters is 1. The molecule has 1 N–H and O–H groups in total. The summed E-state index contributed by atoms with van der Waals surface area (Å²) in [7, 11) is 0. The molecule has 1 aromatic heterocycles. The molecule has 25 heavy (non-hydrogen) atoms. The lowest BCUT2D eigenvalue weighted by molar-refractivity contribution is 0.0526. The zero-order chi connectivity index (χ0) is 17.6. The molecule has 1 heterocycles. The average Bonchev–Trinajstić information content (AvgIpc) is 2.64. The van der Waals surface area contributed by atoms with Crippen molar-refractivity contribution in [1.29, 1.82) is 0 Å². The molecule has 0 saturated heterocycles. The highest BCUT2D eigenvalue weighted by Gasteiger charge is 2.08. The molecule has 5 nitrogen and oxygen atoms in total. The van der Waals surface area contributed by atoms with Gasteiger partial charge in [-0.3, -0.25) is 0 Å². The Balaban J connectivity index is 1.79. The predicted molar refractivity (Wildman–Crippen MR) is 106 cm³/mol. The summed E-state index contributed by atoms with van der Waals surface area (Å²) in [6.07, 6.45) is 1.70. The second-order valence-electron chi connectivity index (χ2n) is 5.20. The van der Waals surface area contributed by atoms with Crippen LogP contribution in [0.1, 0.15) is 17.3 Å². The van der Waals surface area contributed by atoms with Crippen molar-refractivity contribution in [3.8, 4) is 11.3 Å². The van der Waals surface area contributed by atoms with Gasteiger partial charge in [0.05, 0.1) is 17.9 Å². The number of rotatable bonds is 5. The second-order valence-corrected chi connectivity index (χ2v) is 6.44. The van der Waals surface area contributed by atoms with Gasteiger partial charge in [-0.1, -0.05) is 12.1 Å². The minimum absolute atomic E-state index is 0.321. The molecule has 0 fully saturated rings. The molecule has 3 aromatic rings. The summed E-state index contributed by atoms with van der Waals surface area (Å²) in [5.41, 5.74) is 3.13. The number of nitrogens with zero attached hydrogens (tertiary/aromatic N) is 2. The van der Waals surface area contributed by atoms with Gasteiger partial charge in [0, 0.05) is 21.0 Å². The third-order valence-electron chi connectivity index (χ3n) is 3.45. The van der Waals surface area contributed by atoms with Crippen molar-refractivity contribution in [3.05, 3.63) is 69.9 Å². The molecule has 0 saturated carbocycles. The first-order valence-corrected chi connectivity index (χ1v) is 8.87. The summed E-state index contributed by atoms with van der Waals surface area (Å²) < 4.78 is 6.16. The number of carbonyl (C=O) groups is 1. The van der Waals surface area contributed by atoms with E-state index in [0.29, 0.717) is 18.1 Å². The Labute approximate surface area is 159 Å². The number of benzene rings is 2. The average molecular weight is 445 g/mol. The van der Waals surface area contributed by atoms with Gasteiger partial charge in [-0.05, 0) is 72.0 Å². The molecule has 0 aliphatic heterocycles. The van der Waals surface area contributed by atoms with Crippen molar-refractivity contribution >= 4 is 40.2 Å². The molecule has 0 radical (unpaired) electrons. The predicted octanol–water partition coefficient (Wildman–Crippen LogP) is 4.67. The number of anilines is 2. The molecule has 2 aromatic carbocycles. The van der Waals surface area contributed by atoms with Gasteiger partial charge in [0.2, 0.25) is 5.95 Å². The van der Waals surface area contributed by atoms with Gasteiger partial charge in [0.25, 0.3) is 0 Å². The van der Waals surface area contributed by atoms with Crippen LogP contribution in [0, 0.1) is 3.57 Å². The summed E-state index contributed by atoms with van der Waals surface area (Å²) >= 11 is 2.26. The number of ether oxygens (including phenoxy) is 1. The Bertz CT molecular complexity index is 865. The van der Waals surface area contributed by atoms with Crippen LogP contribution in [-0.2, 0) is 4.74 Å². The largest absolute Gasteiger partial charge is 0.462 e. The van der Waals surface area contributed by atoms with Crippen molar-refractivity contribution in [2.24, 2.45) is 0 Å². The van der Waals surface area contributed by atoms with Gasteiger partial charge < -0.3 is 10.1 Å². The topological polar surface area (TPSA) is 64.1 Å². The van der Waals surface area contributed by atoms with Crippen molar-refractivity contribution in [2.45, 2.75) is 6.92 Å². The molecule has 3 rings (SSSR count). The summed E-state index contributed by atoms with van der Waals surface area (Å²) in [4.78, 5) is 20.5. The number of halogens is 1. The van der Waals surface area contributed by atoms with Crippen LogP contribution in [0.5, 0.6) is 0 Å². The fraction of sp³-hybridized carbons (Fsp3) is 0.105. The van der Waals surface area contributed by atoms with Crippen LogP contribution >= 0.6 is 22.6 Å². The quantitative estimate of drug-likeness (QED) is 0.457. The zero-order valence-corrected chi connectivity index (χ0v) is 15.7. The lowest BCUT2D eigenvalue weighted by atomic mass is 10.1. The van der Waals surface area contributed by atoms with Gasteiger partial charge in [-0.25, -0.2) is 14.8 Å². The Morgan fingerprint density at radius 1 is 1.08 bits per heavy atom. The van der Waals surface area contributed by atoms with E-state index in [-0.39, 0.29) is 5.97 Å². The highest BCUT2D eigenvalue weighted by atomic mass is 127. The van der Waals surface area contributed by atoms with E-state index in [1.165, 1.54) is 3.57 Å². The van der Waals surface area contributed by atoms with E-state index in [4.69, 9.17) is 4.74 Å². The van der Waals surface area contributed by atoms with E-state index >= 15 is 0 Å². The normalized spacial score (nSPS) is 10.3. The van der Waals surface area contributed by atoms with Gasteiger partial charge in [0.15, 0.2) is 0 Å². The summed E-state index contributed by atoms with van der Waals surface area (Å²) in [6.45, 7) is 2.15. The summed E-state index contributed by atoms with van der Waals surface area (Å²) in [5.74, 6) is 0.200. The Morgan fingerprint density at radius 3 is 2.48 bits per heavy atom.